The van der Waals surface area contributed by atoms with Crippen LogP contribution in [0, 0.1) is 5.92 Å². The summed E-state index contributed by atoms with van der Waals surface area (Å²) in [5.74, 6) is 0.641. The van der Waals surface area contributed by atoms with Crippen molar-refractivity contribution in [3.63, 3.8) is 0 Å². The van der Waals surface area contributed by atoms with Crippen molar-refractivity contribution in [2.45, 2.75) is 45.2 Å². The molecule has 1 aliphatic carbocycles. The van der Waals surface area contributed by atoms with E-state index >= 15 is 0 Å². The molecule has 3 heteroatoms. The van der Waals surface area contributed by atoms with E-state index in [9.17, 15) is 0 Å². The summed E-state index contributed by atoms with van der Waals surface area (Å²) >= 11 is 0. The number of hydrogen-bond donors (Lipinski definition) is 1. The molecule has 0 spiro atoms. The Bertz CT molecular complexity index is 392. The van der Waals surface area contributed by atoms with E-state index in [1.54, 1.807) is 0 Å². The van der Waals surface area contributed by atoms with Crippen molar-refractivity contribution < 1.29 is 0 Å². The molecule has 0 bridgehead atoms. The second-order valence-electron chi connectivity index (χ2n) is 6.20. The van der Waals surface area contributed by atoms with Crippen molar-refractivity contribution in [2.24, 2.45) is 11.7 Å². The minimum Gasteiger partial charge on any atom is -0.347 e. The maximum atomic E-state index is 6.21. The van der Waals surface area contributed by atoms with Gasteiger partial charge in [0.05, 0.1) is 0 Å². The van der Waals surface area contributed by atoms with Crippen LogP contribution in [-0.2, 0) is 6.42 Å². The lowest BCUT2D eigenvalue weighted by Gasteiger charge is -2.30. The lowest BCUT2D eigenvalue weighted by atomic mass is 9.93. The van der Waals surface area contributed by atoms with E-state index in [1.807, 2.05) is 0 Å². The van der Waals surface area contributed by atoms with Crippen LogP contribution in [-0.4, -0.2) is 30.1 Å². The smallest absolute Gasteiger partial charge is 0.0483 e. The van der Waals surface area contributed by atoms with Crippen LogP contribution in [0.5, 0.6) is 0 Å². The van der Waals surface area contributed by atoms with Crippen molar-refractivity contribution in [3.8, 4) is 0 Å². The van der Waals surface area contributed by atoms with E-state index < -0.39 is 0 Å². The van der Waals surface area contributed by atoms with Gasteiger partial charge in [-0.05, 0) is 50.9 Å². The van der Waals surface area contributed by atoms with Gasteiger partial charge in [-0.15, -0.1) is 0 Å². The average Bonchev–Trinajstić information content (AvgIpc) is 2.70. The quantitative estimate of drug-likeness (QED) is 0.890. The molecule has 0 saturated heterocycles. The summed E-state index contributed by atoms with van der Waals surface area (Å²) in [4.78, 5) is 2.28. The van der Waals surface area contributed by atoms with Crippen molar-refractivity contribution in [1.82, 2.24) is 9.47 Å². The molecule has 1 aliphatic rings. The Morgan fingerprint density at radius 3 is 2.78 bits per heavy atom. The Kier molecular flexibility index (Phi) is 4.13. The Morgan fingerprint density at radius 2 is 2.17 bits per heavy atom. The summed E-state index contributed by atoms with van der Waals surface area (Å²) in [6.45, 7) is 5.71. The second kappa shape index (κ2) is 5.45. The van der Waals surface area contributed by atoms with Gasteiger partial charge in [-0.25, -0.2) is 0 Å². The largest absolute Gasteiger partial charge is 0.347 e. The van der Waals surface area contributed by atoms with Crippen LogP contribution in [0.1, 0.15) is 50.0 Å². The topological polar surface area (TPSA) is 34.2 Å². The SMILES string of the molecule is CC(C)C(CN(C)C)n1ccc2c1CCCC2N. The zero-order chi connectivity index (χ0) is 13.3. The van der Waals surface area contributed by atoms with Gasteiger partial charge in [-0.1, -0.05) is 13.8 Å². The van der Waals surface area contributed by atoms with Crippen LogP contribution in [0.25, 0.3) is 0 Å². The van der Waals surface area contributed by atoms with Gasteiger partial charge in [0.2, 0.25) is 0 Å². The normalized spacial score (nSPS) is 21.4. The minimum atomic E-state index is 0.252. The zero-order valence-corrected chi connectivity index (χ0v) is 12.2. The van der Waals surface area contributed by atoms with Crippen molar-refractivity contribution >= 4 is 0 Å². The van der Waals surface area contributed by atoms with Gasteiger partial charge in [0.15, 0.2) is 0 Å². The highest BCUT2D eigenvalue weighted by atomic mass is 15.1. The molecule has 0 aromatic carbocycles. The molecule has 1 aromatic heterocycles. The average molecular weight is 249 g/mol. The van der Waals surface area contributed by atoms with Crippen LogP contribution in [0.3, 0.4) is 0 Å². The van der Waals surface area contributed by atoms with E-state index in [1.165, 1.54) is 24.1 Å². The molecule has 0 amide bonds. The molecule has 2 atom stereocenters. The molecule has 0 radical (unpaired) electrons. The number of fused-ring (bicyclic) bond motifs is 1. The summed E-state index contributed by atoms with van der Waals surface area (Å²) in [5.41, 5.74) is 9.07. The minimum absolute atomic E-state index is 0.252. The fraction of sp³-hybridized carbons (Fsp3) is 0.733. The van der Waals surface area contributed by atoms with Crippen molar-refractivity contribution in [3.05, 3.63) is 23.5 Å². The molecule has 0 fully saturated rings. The molecule has 1 aromatic rings. The van der Waals surface area contributed by atoms with Crippen molar-refractivity contribution in [1.29, 1.82) is 0 Å². The summed E-state index contributed by atoms with van der Waals surface area (Å²) in [6, 6.07) is 3.04. The Morgan fingerprint density at radius 1 is 1.44 bits per heavy atom. The van der Waals surface area contributed by atoms with Gasteiger partial charge in [0.25, 0.3) is 0 Å². The molecule has 2 N–H and O–H groups in total. The third-order valence-corrected chi connectivity index (χ3v) is 4.07. The van der Waals surface area contributed by atoms with E-state index in [4.69, 9.17) is 5.73 Å². The van der Waals surface area contributed by atoms with Crippen LogP contribution >= 0.6 is 0 Å². The standard InChI is InChI=1S/C15H27N3/c1-11(2)15(10-17(3)4)18-9-8-12-13(16)6-5-7-14(12)18/h8-9,11,13,15H,5-7,10,16H2,1-4H3. The molecular formula is C15H27N3. The summed E-state index contributed by atoms with van der Waals surface area (Å²) in [7, 11) is 4.30. The fourth-order valence-corrected chi connectivity index (χ4v) is 3.06. The van der Waals surface area contributed by atoms with Gasteiger partial charge in [-0.3, -0.25) is 0 Å². The lowest BCUT2D eigenvalue weighted by Crippen LogP contribution is -2.30. The number of aromatic nitrogens is 1. The van der Waals surface area contributed by atoms with Crippen LogP contribution < -0.4 is 5.73 Å². The Labute approximate surface area is 111 Å². The Hall–Kier alpha value is -0.800. The molecule has 102 valence electrons. The fourth-order valence-electron chi connectivity index (χ4n) is 3.06. The molecule has 0 saturated carbocycles. The highest BCUT2D eigenvalue weighted by Crippen LogP contribution is 2.32. The van der Waals surface area contributed by atoms with E-state index in [2.05, 4.69) is 49.7 Å². The third-order valence-electron chi connectivity index (χ3n) is 4.07. The molecule has 0 aliphatic heterocycles. The van der Waals surface area contributed by atoms with E-state index in [0.29, 0.717) is 12.0 Å². The monoisotopic (exact) mass is 249 g/mol. The number of likely N-dealkylation sites (N-methyl/N-ethyl adjacent to an activating group) is 1. The van der Waals surface area contributed by atoms with Gasteiger partial charge < -0.3 is 15.2 Å². The third kappa shape index (κ3) is 2.62. The van der Waals surface area contributed by atoms with Gasteiger partial charge >= 0.3 is 0 Å². The van der Waals surface area contributed by atoms with Crippen LogP contribution in [0.15, 0.2) is 12.3 Å². The predicted molar refractivity (Wildman–Crippen MR) is 76.7 cm³/mol. The Balaban J connectivity index is 2.31. The first kappa shape index (κ1) is 13.6. The molecular weight excluding hydrogens is 222 g/mol. The van der Waals surface area contributed by atoms with Gasteiger partial charge in [0, 0.05) is 30.5 Å². The number of rotatable bonds is 4. The second-order valence-corrected chi connectivity index (χ2v) is 6.20. The first-order valence-electron chi connectivity index (χ1n) is 7.10. The van der Waals surface area contributed by atoms with Crippen LogP contribution in [0.4, 0.5) is 0 Å². The maximum absolute atomic E-state index is 6.21. The van der Waals surface area contributed by atoms with Gasteiger partial charge in [0.1, 0.15) is 0 Å². The highest BCUT2D eigenvalue weighted by molar-refractivity contribution is 5.29. The number of nitrogens with two attached hydrogens (primary N) is 1. The lowest BCUT2D eigenvalue weighted by molar-refractivity contribution is 0.264. The maximum Gasteiger partial charge on any atom is 0.0483 e. The zero-order valence-electron chi connectivity index (χ0n) is 12.2. The van der Waals surface area contributed by atoms with Crippen molar-refractivity contribution in [2.75, 3.05) is 20.6 Å². The molecule has 2 rings (SSSR count). The number of nitrogens with zero attached hydrogens (tertiary/aromatic N) is 2. The summed E-state index contributed by atoms with van der Waals surface area (Å²) in [6.07, 6.45) is 5.80. The first-order chi connectivity index (χ1) is 8.50. The molecule has 2 unspecified atom stereocenters. The summed E-state index contributed by atoms with van der Waals surface area (Å²) < 4.78 is 2.49. The highest BCUT2D eigenvalue weighted by Gasteiger charge is 2.25. The molecule has 1 heterocycles. The van der Waals surface area contributed by atoms with Crippen LogP contribution in [0.2, 0.25) is 0 Å². The summed E-state index contributed by atoms with van der Waals surface area (Å²) in [5, 5.41) is 0. The number of hydrogen-bond acceptors (Lipinski definition) is 2. The molecule has 3 nitrogen and oxygen atoms in total. The van der Waals surface area contributed by atoms with E-state index in [-0.39, 0.29) is 6.04 Å². The first-order valence-corrected chi connectivity index (χ1v) is 7.10. The van der Waals surface area contributed by atoms with Gasteiger partial charge in [-0.2, -0.15) is 0 Å². The molecule has 18 heavy (non-hydrogen) atoms. The predicted octanol–water partition coefficient (Wildman–Crippen LogP) is 2.58. The van der Waals surface area contributed by atoms with E-state index in [0.717, 1.165) is 13.0 Å².